The summed E-state index contributed by atoms with van der Waals surface area (Å²) in [6, 6.07) is 0. The zero-order valence-electron chi connectivity index (χ0n) is 15.3. The molecule has 0 aromatic carbocycles. The molecule has 0 unspecified atom stereocenters. The Labute approximate surface area is 141 Å². The molecule has 6 nitrogen and oxygen atoms in total. The van der Waals surface area contributed by atoms with E-state index in [9.17, 15) is 4.79 Å². The molecule has 6 heteroatoms. The maximum Gasteiger partial charge on any atom is 0.242 e. The van der Waals surface area contributed by atoms with Gasteiger partial charge < -0.3 is 19.9 Å². The summed E-state index contributed by atoms with van der Waals surface area (Å²) < 4.78 is 5.62. The van der Waals surface area contributed by atoms with Gasteiger partial charge in [0.15, 0.2) is 5.96 Å². The standard InChI is InChI=1S/C17H34N4O2/c1-5-18-17(19-11-8-12-23-14-15-9-10-15)20(4)13-16(22)21(6-2)7-3/h15H,5-14H2,1-4H3,(H,18,19). The third-order valence-electron chi connectivity index (χ3n) is 3.94. The van der Waals surface area contributed by atoms with Crippen LogP contribution in [0.2, 0.25) is 0 Å². The Bertz CT molecular complexity index is 366. The highest BCUT2D eigenvalue weighted by Gasteiger charge is 2.20. The lowest BCUT2D eigenvalue weighted by molar-refractivity contribution is -0.131. The van der Waals surface area contributed by atoms with Crippen molar-refractivity contribution in [2.75, 3.05) is 53.0 Å². The molecule has 0 spiro atoms. The molecular weight excluding hydrogens is 292 g/mol. The molecule has 134 valence electrons. The Morgan fingerprint density at radius 3 is 2.52 bits per heavy atom. The van der Waals surface area contributed by atoms with E-state index >= 15 is 0 Å². The highest BCUT2D eigenvalue weighted by Crippen LogP contribution is 2.28. The number of hydrogen-bond donors (Lipinski definition) is 1. The molecule has 1 amide bonds. The molecule has 23 heavy (non-hydrogen) atoms. The first kappa shape index (κ1) is 19.7. The van der Waals surface area contributed by atoms with Crippen LogP contribution >= 0.6 is 0 Å². The lowest BCUT2D eigenvalue weighted by Gasteiger charge is -2.25. The van der Waals surface area contributed by atoms with E-state index in [4.69, 9.17) is 4.74 Å². The first-order valence-corrected chi connectivity index (χ1v) is 8.97. The molecule has 0 atom stereocenters. The quantitative estimate of drug-likeness (QED) is 0.356. The highest BCUT2D eigenvalue weighted by molar-refractivity contribution is 5.86. The number of rotatable bonds is 11. The number of nitrogens with zero attached hydrogens (tertiary/aromatic N) is 3. The zero-order chi connectivity index (χ0) is 17.1. The summed E-state index contributed by atoms with van der Waals surface area (Å²) in [4.78, 5) is 20.5. The molecule has 0 aliphatic heterocycles. The minimum atomic E-state index is 0.135. The van der Waals surface area contributed by atoms with E-state index in [1.165, 1.54) is 12.8 Å². The van der Waals surface area contributed by atoms with Crippen molar-refractivity contribution in [1.29, 1.82) is 0 Å². The highest BCUT2D eigenvalue weighted by atomic mass is 16.5. The summed E-state index contributed by atoms with van der Waals surface area (Å²) in [6.45, 7) is 11.1. The van der Waals surface area contributed by atoms with Gasteiger partial charge >= 0.3 is 0 Å². The summed E-state index contributed by atoms with van der Waals surface area (Å²) in [7, 11) is 1.91. The third-order valence-corrected chi connectivity index (χ3v) is 3.94. The monoisotopic (exact) mass is 326 g/mol. The SMILES string of the molecule is CCNC(=NCCCOCC1CC1)N(C)CC(=O)N(CC)CC. The van der Waals surface area contributed by atoms with Gasteiger partial charge in [0.1, 0.15) is 0 Å². The second kappa shape index (κ2) is 11.3. The van der Waals surface area contributed by atoms with Crippen molar-refractivity contribution < 1.29 is 9.53 Å². The number of amides is 1. The minimum Gasteiger partial charge on any atom is -0.381 e. The Hall–Kier alpha value is -1.30. The molecule has 0 radical (unpaired) electrons. The molecule has 0 bridgehead atoms. The van der Waals surface area contributed by atoms with Gasteiger partial charge in [-0.3, -0.25) is 9.79 Å². The van der Waals surface area contributed by atoms with Gasteiger partial charge in [-0.1, -0.05) is 0 Å². The summed E-state index contributed by atoms with van der Waals surface area (Å²) in [5, 5.41) is 3.25. The average Bonchev–Trinajstić information content (AvgIpc) is 3.34. The van der Waals surface area contributed by atoms with E-state index in [1.807, 2.05) is 37.6 Å². The van der Waals surface area contributed by atoms with Gasteiger partial charge in [0.2, 0.25) is 5.91 Å². The predicted molar refractivity (Wildman–Crippen MR) is 94.7 cm³/mol. The molecule has 0 heterocycles. The second-order valence-electron chi connectivity index (χ2n) is 6.03. The molecular formula is C17H34N4O2. The molecule has 0 aromatic rings. The van der Waals surface area contributed by atoms with Gasteiger partial charge in [-0.2, -0.15) is 0 Å². The van der Waals surface area contributed by atoms with Gasteiger partial charge in [0.25, 0.3) is 0 Å². The lowest BCUT2D eigenvalue weighted by atomic mass is 10.4. The normalized spacial score (nSPS) is 14.7. The Morgan fingerprint density at radius 2 is 1.96 bits per heavy atom. The van der Waals surface area contributed by atoms with Crippen LogP contribution in [-0.2, 0) is 9.53 Å². The molecule has 1 N–H and O–H groups in total. The molecule has 1 rings (SSSR count). The fourth-order valence-electron chi connectivity index (χ4n) is 2.31. The van der Waals surface area contributed by atoms with Crippen LogP contribution in [0.15, 0.2) is 4.99 Å². The van der Waals surface area contributed by atoms with E-state index < -0.39 is 0 Å². The number of hydrogen-bond acceptors (Lipinski definition) is 3. The third kappa shape index (κ3) is 8.21. The molecule has 1 aliphatic rings. The van der Waals surface area contributed by atoms with Gasteiger partial charge in [-0.15, -0.1) is 0 Å². The van der Waals surface area contributed by atoms with Crippen LogP contribution in [0.25, 0.3) is 0 Å². The molecule has 1 saturated carbocycles. The summed E-state index contributed by atoms with van der Waals surface area (Å²) in [6.07, 6.45) is 3.57. The van der Waals surface area contributed by atoms with Crippen molar-refractivity contribution in [3.63, 3.8) is 0 Å². The zero-order valence-corrected chi connectivity index (χ0v) is 15.3. The topological polar surface area (TPSA) is 57.2 Å². The Balaban J connectivity index is 2.34. The van der Waals surface area contributed by atoms with E-state index in [-0.39, 0.29) is 5.91 Å². The molecule has 0 saturated heterocycles. The molecule has 1 fully saturated rings. The van der Waals surface area contributed by atoms with Crippen LogP contribution in [0.3, 0.4) is 0 Å². The maximum atomic E-state index is 12.2. The van der Waals surface area contributed by atoms with Crippen molar-refractivity contribution in [2.24, 2.45) is 10.9 Å². The van der Waals surface area contributed by atoms with E-state index in [0.29, 0.717) is 6.54 Å². The number of guanidine groups is 1. The maximum absolute atomic E-state index is 12.2. The molecule has 0 aromatic heterocycles. The van der Waals surface area contributed by atoms with E-state index in [0.717, 1.165) is 57.7 Å². The minimum absolute atomic E-state index is 0.135. The van der Waals surface area contributed by atoms with Crippen molar-refractivity contribution in [3.05, 3.63) is 0 Å². The van der Waals surface area contributed by atoms with Crippen LogP contribution < -0.4 is 5.32 Å². The first-order valence-electron chi connectivity index (χ1n) is 8.97. The van der Waals surface area contributed by atoms with Gasteiger partial charge in [0.05, 0.1) is 6.54 Å². The number of ether oxygens (including phenoxy) is 1. The largest absolute Gasteiger partial charge is 0.381 e. The average molecular weight is 326 g/mol. The number of carbonyl (C=O) groups is 1. The van der Waals surface area contributed by atoms with Crippen LogP contribution in [0, 0.1) is 5.92 Å². The molecule has 1 aliphatic carbocycles. The van der Waals surface area contributed by atoms with E-state index in [1.54, 1.807) is 0 Å². The fraction of sp³-hybridized carbons (Fsp3) is 0.882. The van der Waals surface area contributed by atoms with Crippen LogP contribution in [-0.4, -0.2) is 74.7 Å². The van der Waals surface area contributed by atoms with Gasteiger partial charge in [-0.25, -0.2) is 0 Å². The van der Waals surface area contributed by atoms with E-state index in [2.05, 4.69) is 10.3 Å². The number of likely N-dealkylation sites (N-methyl/N-ethyl adjacent to an activating group) is 2. The summed E-state index contributed by atoms with van der Waals surface area (Å²) >= 11 is 0. The van der Waals surface area contributed by atoms with Crippen molar-refractivity contribution in [1.82, 2.24) is 15.1 Å². The van der Waals surface area contributed by atoms with Crippen LogP contribution in [0.4, 0.5) is 0 Å². The lowest BCUT2D eigenvalue weighted by Crippen LogP contribution is -2.45. The summed E-state index contributed by atoms with van der Waals surface area (Å²) in [5.41, 5.74) is 0. The van der Waals surface area contributed by atoms with Gasteiger partial charge in [-0.05, 0) is 46.0 Å². The fourth-order valence-corrected chi connectivity index (χ4v) is 2.31. The first-order chi connectivity index (χ1) is 11.1. The smallest absolute Gasteiger partial charge is 0.242 e. The van der Waals surface area contributed by atoms with Crippen molar-refractivity contribution in [2.45, 2.75) is 40.0 Å². The van der Waals surface area contributed by atoms with Crippen LogP contribution in [0.5, 0.6) is 0 Å². The summed E-state index contributed by atoms with van der Waals surface area (Å²) in [5.74, 6) is 1.74. The van der Waals surface area contributed by atoms with Gasteiger partial charge in [0, 0.05) is 46.4 Å². The Morgan fingerprint density at radius 1 is 1.26 bits per heavy atom. The van der Waals surface area contributed by atoms with Crippen molar-refractivity contribution in [3.8, 4) is 0 Å². The number of nitrogens with one attached hydrogen (secondary N) is 1. The second-order valence-corrected chi connectivity index (χ2v) is 6.03. The predicted octanol–water partition coefficient (Wildman–Crippen LogP) is 1.57. The number of carbonyl (C=O) groups excluding carboxylic acids is 1. The number of aliphatic imine (C=N–C) groups is 1. The Kier molecular flexibility index (Phi) is 9.67. The van der Waals surface area contributed by atoms with Crippen molar-refractivity contribution >= 4 is 11.9 Å². The van der Waals surface area contributed by atoms with Crippen LogP contribution in [0.1, 0.15) is 40.0 Å².